The predicted molar refractivity (Wildman–Crippen MR) is 151 cm³/mol. The number of carbonyl (C=O) groups is 2. The Morgan fingerprint density at radius 3 is 2.53 bits per heavy atom. The van der Waals surface area contributed by atoms with Crippen LogP contribution >= 0.6 is 0 Å². The Labute approximate surface area is 247 Å². The number of amides is 2. The fourth-order valence-electron chi connectivity index (χ4n) is 5.80. The largest absolute Gasteiger partial charge is 0.489 e. The van der Waals surface area contributed by atoms with Gasteiger partial charge in [-0.25, -0.2) is 0 Å². The summed E-state index contributed by atoms with van der Waals surface area (Å²) in [6.07, 6.45) is -3.20. The highest BCUT2D eigenvalue weighted by Gasteiger charge is 2.58. The van der Waals surface area contributed by atoms with E-state index < -0.39 is 17.6 Å². The van der Waals surface area contributed by atoms with Gasteiger partial charge in [-0.3, -0.25) is 19.5 Å². The molecule has 2 N–H and O–H groups in total. The SMILES string of the molecule is CNC(=O)c1cc(Oc2ccc3c(c2)C2C(CNC(=O)c4ccc(CN5CCN(C)CC5)c(C(F)(F)F)c4)C2O3)ccn1. The van der Waals surface area contributed by atoms with Crippen molar-refractivity contribution in [1.82, 2.24) is 25.4 Å². The molecule has 2 aromatic carbocycles. The molecule has 3 heterocycles. The summed E-state index contributed by atoms with van der Waals surface area (Å²) >= 11 is 0. The molecule has 1 aliphatic carbocycles. The van der Waals surface area contributed by atoms with Crippen LogP contribution in [-0.2, 0) is 12.7 Å². The van der Waals surface area contributed by atoms with Gasteiger partial charge in [-0.05, 0) is 49.0 Å². The standard InChI is InChI=1S/C31H32F3N5O4/c1-35-30(41)25-15-21(7-8-36-25)42-20-5-6-26-22(14-20)27-23(28(27)43-26)16-37-29(40)18-3-4-19(24(13-18)31(32,33)34)17-39-11-9-38(2)10-12-39/h3-8,13-15,23,27-28H,9-12,16-17H2,1-2H3,(H,35,41)(H,37,40). The molecular weight excluding hydrogens is 563 g/mol. The first-order valence-electron chi connectivity index (χ1n) is 14.2. The molecule has 1 saturated carbocycles. The van der Waals surface area contributed by atoms with Crippen molar-refractivity contribution in [2.24, 2.45) is 5.92 Å². The summed E-state index contributed by atoms with van der Waals surface area (Å²) in [7, 11) is 3.52. The number of hydrogen-bond acceptors (Lipinski definition) is 7. The molecule has 2 amide bonds. The molecule has 3 unspecified atom stereocenters. The van der Waals surface area contributed by atoms with E-state index >= 15 is 0 Å². The number of piperazine rings is 1. The van der Waals surface area contributed by atoms with Crippen molar-refractivity contribution in [3.8, 4) is 17.2 Å². The van der Waals surface area contributed by atoms with Gasteiger partial charge in [0.1, 0.15) is 29.0 Å². The zero-order chi connectivity index (χ0) is 30.3. The molecular formula is C31H32F3N5O4. The number of hydrogen-bond donors (Lipinski definition) is 2. The molecule has 9 nitrogen and oxygen atoms in total. The molecule has 3 atom stereocenters. The van der Waals surface area contributed by atoms with Gasteiger partial charge in [0.15, 0.2) is 0 Å². The molecule has 3 aliphatic rings. The molecule has 3 aromatic rings. The summed E-state index contributed by atoms with van der Waals surface area (Å²) in [5.74, 6) is 0.898. The first kappa shape index (κ1) is 28.9. The lowest BCUT2D eigenvalue weighted by molar-refractivity contribution is -0.138. The highest BCUT2D eigenvalue weighted by atomic mass is 19.4. The van der Waals surface area contributed by atoms with Gasteiger partial charge >= 0.3 is 6.18 Å². The minimum absolute atomic E-state index is 0.00827. The average molecular weight is 596 g/mol. The van der Waals surface area contributed by atoms with Crippen LogP contribution in [0.25, 0.3) is 0 Å². The van der Waals surface area contributed by atoms with Crippen LogP contribution in [-0.4, -0.2) is 79.5 Å². The summed E-state index contributed by atoms with van der Waals surface area (Å²) in [5.41, 5.74) is 0.545. The molecule has 1 saturated heterocycles. The van der Waals surface area contributed by atoms with Crippen molar-refractivity contribution < 1.29 is 32.2 Å². The molecule has 2 aliphatic heterocycles. The second-order valence-electron chi connectivity index (χ2n) is 11.2. The Bertz CT molecular complexity index is 1540. The number of halogens is 3. The maximum atomic E-state index is 14.0. The normalized spacial score (nSPS) is 21.4. The average Bonchev–Trinajstić information content (AvgIpc) is 3.54. The molecule has 1 aromatic heterocycles. The number of fused-ring (bicyclic) bond motifs is 3. The topological polar surface area (TPSA) is 96.0 Å². The molecule has 43 heavy (non-hydrogen) atoms. The number of likely N-dealkylation sites (N-methyl/N-ethyl adjacent to an activating group) is 1. The van der Waals surface area contributed by atoms with Gasteiger partial charge in [0.05, 0.1) is 5.56 Å². The van der Waals surface area contributed by atoms with Crippen molar-refractivity contribution in [3.05, 3.63) is 82.7 Å². The first-order chi connectivity index (χ1) is 20.6. The number of ether oxygens (including phenoxy) is 2. The monoisotopic (exact) mass is 595 g/mol. The van der Waals surface area contributed by atoms with Gasteiger partial charge in [-0.1, -0.05) is 6.07 Å². The van der Waals surface area contributed by atoms with Gasteiger partial charge in [-0.15, -0.1) is 0 Å². The second kappa shape index (κ2) is 11.5. The number of rotatable bonds is 8. The van der Waals surface area contributed by atoms with E-state index in [2.05, 4.69) is 20.5 Å². The Kier molecular flexibility index (Phi) is 7.74. The van der Waals surface area contributed by atoms with E-state index in [1.807, 2.05) is 24.1 Å². The van der Waals surface area contributed by atoms with Crippen molar-refractivity contribution >= 4 is 11.8 Å². The van der Waals surface area contributed by atoms with Gasteiger partial charge in [0.25, 0.3) is 11.8 Å². The third-order valence-electron chi connectivity index (χ3n) is 8.29. The lowest BCUT2D eigenvalue weighted by Gasteiger charge is -2.33. The van der Waals surface area contributed by atoms with Crippen LogP contribution in [0.5, 0.6) is 17.2 Å². The van der Waals surface area contributed by atoms with Crippen molar-refractivity contribution in [1.29, 1.82) is 0 Å². The van der Waals surface area contributed by atoms with E-state index in [-0.39, 0.29) is 53.8 Å². The Morgan fingerprint density at radius 2 is 1.79 bits per heavy atom. The first-order valence-corrected chi connectivity index (χ1v) is 14.2. The number of nitrogens with zero attached hydrogens (tertiary/aromatic N) is 3. The minimum atomic E-state index is -4.57. The number of alkyl halides is 3. The summed E-state index contributed by atoms with van der Waals surface area (Å²) in [6, 6.07) is 12.5. The summed E-state index contributed by atoms with van der Waals surface area (Å²) in [5, 5.41) is 5.33. The van der Waals surface area contributed by atoms with E-state index in [0.717, 1.165) is 30.5 Å². The third kappa shape index (κ3) is 6.16. The molecule has 0 spiro atoms. The quantitative estimate of drug-likeness (QED) is 0.408. The number of carbonyl (C=O) groups excluding carboxylic acids is 2. The highest BCUT2D eigenvalue weighted by Crippen LogP contribution is 2.58. The molecule has 0 bridgehead atoms. The van der Waals surface area contributed by atoms with Gasteiger partial charge in [0.2, 0.25) is 0 Å². The van der Waals surface area contributed by atoms with E-state index in [9.17, 15) is 22.8 Å². The van der Waals surface area contributed by atoms with Crippen LogP contribution in [0.2, 0.25) is 0 Å². The van der Waals surface area contributed by atoms with Crippen molar-refractivity contribution in [2.75, 3.05) is 46.8 Å². The summed E-state index contributed by atoms with van der Waals surface area (Å²) in [4.78, 5) is 33.0. The summed E-state index contributed by atoms with van der Waals surface area (Å²) < 4.78 is 53.9. The van der Waals surface area contributed by atoms with Gasteiger partial charge < -0.3 is 25.0 Å². The lowest BCUT2D eigenvalue weighted by atomic mass is 10.0. The molecule has 0 radical (unpaired) electrons. The van der Waals surface area contributed by atoms with Crippen LogP contribution in [0, 0.1) is 5.92 Å². The third-order valence-corrected chi connectivity index (χ3v) is 8.29. The van der Waals surface area contributed by atoms with Crippen molar-refractivity contribution in [3.63, 3.8) is 0 Å². The Balaban J connectivity index is 1.08. The lowest BCUT2D eigenvalue weighted by Crippen LogP contribution is -2.44. The highest BCUT2D eigenvalue weighted by molar-refractivity contribution is 5.94. The van der Waals surface area contributed by atoms with Crippen LogP contribution < -0.4 is 20.1 Å². The second-order valence-corrected chi connectivity index (χ2v) is 11.2. The van der Waals surface area contributed by atoms with Gasteiger partial charge in [-0.2, -0.15) is 13.2 Å². The maximum absolute atomic E-state index is 14.0. The summed E-state index contributed by atoms with van der Waals surface area (Å²) in [6.45, 7) is 3.45. The number of pyridine rings is 1. The fourth-order valence-corrected chi connectivity index (χ4v) is 5.80. The van der Waals surface area contributed by atoms with Crippen LogP contribution in [0.15, 0.2) is 54.7 Å². The van der Waals surface area contributed by atoms with Crippen molar-refractivity contribution in [2.45, 2.75) is 24.7 Å². The minimum Gasteiger partial charge on any atom is -0.489 e. The Morgan fingerprint density at radius 1 is 1.02 bits per heavy atom. The molecule has 2 fully saturated rings. The number of nitrogens with one attached hydrogen (secondary N) is 2. The molecule has 226 valence electrons. The fraction of sp³-hybridized carbons (Fsp3) is 0.387. The van der Waals surface area contributed by atoms with Crippen LogP contribution in [0.3, 0.4) is 0 Å². The molecule has 12 heteroatoms. The van der Waals surface area contributed by atoms with E-state index in [4.69, 9.17) is 9.47 Å². The zero-order valence-electron chi connectivity index (χ0n) is 23.8. The van der Waals surface area contributed by atoms with E-state index in [1.54, 1.807) is 18.2 Å². The Hall–Kier alpha value is -4.16. The molecule has 6 rings (SSSR count). The number of benzene rings is 2. The van der Waals surface area contributed by atoms with E-state index in [1.165, 1.54) is 25.4 Å². The smallest absolute Gasteiger partial charge is 0.416 e. The zero-order valence-corrected chi connectivity index (χ0v) is 23.8. The van der Waals surface area contributed by atoms with Crippen LogP contribution in [0.1, 0.15) is 43.5 Å². The number of aromatic nitrogens is 1. The maximum Gasteiger partial charge on any atom is 0.416 e. The van der Waals surface area contributed by atoms with Gasteiger partial charge in [0, 0.05) is 81.5 Å². The van der Waals surface area contributed by atoms with E-state index in [0.29, 0.717) is 24.6 Å². The predicted octanol–water partition coefficient (Wildman–Crippen LogP) is 3.90. The van der Waals surface area contributed by atoms with Crippen LogP contribution in [0.4, 0.5) is 13.2 Å².